The van der Waals surface area contributed by atoms with Crippen LogP contribution in [0.4, 0.5) is 0 Å². The smallest absolute Gasteiger partial charge is 0.288 e. The van der Waals surface area contributed by atoms with E-state index >= 15 is 0 Å². The van der Waals surface area contributed by atoms with E-state index in [9.17, 15) is 8.42 Å². The molecule has 1 aliphatic heterocycles. The molecule has 136 valence electrons. The van der Waals surface area contributed by atoms with Crippen LogP contribution in [0, 0.1) is 10.8 Å². The van der Waals surface area contributed by atoms with Gasteiger partial charge in [-0.15, -0.1) is 5.10 Å². The number of nitrogens with zero attached hydrogens (tertiary/aromatic N) is 3. The first-order chi connectivity index (χ1) is 11.8. The van der Waals surface area contributed by atoms with E-state index in [0.29, 0.717) is 35.3 Å². The van der Waals surface area contributed by atoms with E-state index in [1.165, 1.54) is 0 Å². The van der Waals surface area contributed by atoms with Gasteiger partial charge in [-0.25, -0.2) is 13.1 Å². The largest absolute Gasteiger partial charge is 0.414 e. The number of sulfone groups is 1. The van der Waals surface area contributed by atoms with Crippen LogP contribution >= 0.6 is 23.8 Å². The highest BCUT2D eigenvalue weighted by Gasteiger charge is 2.29. The van der Waals surface area contributed by atoms with E-state index in [4.69, 9.17) is 28.2 Å². The highest BCUT2D eigenvalue weighted by Crippen LogP contribution is 2.22. The summed E-state index contributed by atoms with van der Waals surface area (Å²) in [6.45, 7) is 1.22. The average molecular weight is 402 g/mol. The predicted octanol–water partition coefficient (Wildman–Crippen LogP) is 2.93. The Morgan fingerprint density at radius 2 is 2.12 bits per heavy atom. The first-order valence-electron chi connectivity index (χ1n) is 8.01. The lowest BCUT2D eigenvalue weighted by Crippen LogP contribution is -2.22. The molecule has 3 rings (SSSR count). The number of benzene rings is 1. The van der Waals surface area contributed by atoms with Gasteiger partial charge in [-0.3, -0.25) is 4.90 Å². The summed E-state index contributed by atoms with van der Waals surface area (Å²) in [7, 11) is -0.929. The lowest BCUT2D eigenvalue weighted by atomic mass is 10.1. The summed E-state index contributed by atoms with van der Waals surface area (Å²) >= 11 is 11.1. The van der Waals surface area contributed by atoms with Gasteiger partial charge in [-0.05, 0) is 49.3 Å². The SMILES string of the molecule is CN(Cc1ccc(Cl)cc1)Cn1nc(C[C@H]2CCS(=O)(=O)C2)oc1=S. The zero-order valence-corrected chi connectivity index (χ0v) is 16.3. The van der Waals surface area contributed by atoms with Gasteiger partial charge in [0.05, 0.1) is 18.2 Å². The van der Waals surface area contributed by atoms with Gasteiger partial charge in [-0.1, -0.05) is 23.7 Å². The Labute approximate surface area is 157 Å². The summed E-state index contributed by atoms with van der Waals surface area (Å²) in [5.74, 6) is 1.03. The minimum atomic E-state index is -2.90. The van der Waals surface area contributed by atoms with Crippen LogP contribution in [-0.2, 0) is 29.5 Å². The monoisotopic (exact) mass is 401 g/mol. The molecule has 1 aromatic heterocycles. The zero-order valence-electron chi connectivity index (χ0n) is 13.9. The second-order valence-corrected chi connectivity index (χ2v) is 9.53. The molecule has 2 heterocycles. The van der Waals surface area contributed by atoms with Crippen molar-refractivity contribution in [2.75, 3.05) is 18.6 Å². The van der Waals surface area contributed by atoms with Crippen molar-refractivity contribution in [1.29, 1.82) is 0 Å². The summed E-state index contributed by atoms with van der Waals surface area (Å²) < 4.78 is 30.3. The van der Waals surface area contributed by atoms with E-state index < -0.39 is 9.84 Å². The summed E-state index contributed by atoms with van der Waals surface area (Å²) in [4.78, 5) is 2.37. The molecular formula is C16H20ClN3O3S2. The van der Waals surface area contributed by atoms with Gasteiger partial charge in [0.15, 0.2) is 9.84 Å². The Morgan fingerprint density at radius 3 is 2.76 bits per heavy atom. The molecule has 2 aromatic rings. The fraction of sp³-hybridized carbons (Fsp3) is 0.500. The third-order valence-electron chi connectivity index (χ3n) is 4.18. The van der Waals surface area contributed by atoms with Gasteiger partial charge >= 0.3 is 0 Å². The molecule has 0 saturated carbocycles. The van der Waals surface area contributed by atoms with Gasteiger partial charge in [0.25, 0.3) is 4.84 Å². The molecule has 9 heteroatoms. The Kier molecular flexibility index (Phi) is 5.62. The highest BCUT2D eigenvalue weighted by molar-refractivity contribution is 7.91. The summed E-state index contributed by atoms with van der Waals surface area (Å²) in [5, 5.41) is 5.12. The van der Waals surface area contributed by atoms with E-state index in [1.807, 2.05) is 31.3 Å². The maximum atomic E-state index is 11.6. The molecule has 1 aromatic carbocycles. The molecule has 0 unspecified atom stereocenters. The molecule has 0 radical (unpaired) electrons. The number of halogens is 1. The van der Waals surface area contributed by atoms with Crippen LogP contribution in [0.1, 0.15) is 17.9 Å². The van der Waals surface area contributed by atoms with Crippen LogP contribution < -0.4 is 0 Å². The van der Waals surface area contributed by atoms with Crippen LogP contribution in [-0.4, -0.2) is 41.7 Å². The lowest BCUT2D eigenvalue weighted by molar-refractivity contribution is 0.240. The minimum Gasteiger partial charge on any atom is -0.414 e. The van der Waals surface area contributed by atoms with Gasteiger partial charge in [-0.2, -0.15) is 0 Å². The first kappa shape index (κ1) is 18.6. The number of aromatic nitrogens is 2. The van der Waals surface area contributed by atoms with Crippen molar-refractivity contribution in [2.24, 2.45) is 5.92 Å². The number of hydrogen-bond donors (Lipinski definition) is 0. The maximum Gasteiger partial charge on any atom is 0.288 e. The highest BCUT2D eigenvalue weighted by atomic mass is 35.5. The predicted molar refractivity (Wildman–Crippen MR) is 98.7 cm³/mol. The van der Waals surface area contributed by atoms with Crippen molar-refractivity contribution in [3.05, 3.63) is 45.6 Å². The van der Waals surface area contributed by atoms with Crippen molar-refractivity contribution < 1.29 is 12.8 Å². The van der Waals surface area contributed by atoms with Crippen molar-refractivity contribution in [3.8, 4) is 0 Å². The second-order valence-electron chi connectivity index (χ2n) is 6.52. The zero-order chi connectivity index (χ0) is 18.0. The van der Waals surface area contributed by atoms with E-state index in [1.54, 1.807) is 4.68 Å². The van der Waals surface area contributed by atoms with Gasteiger partial charge in [0.1, 0.15) is 0 Å². The number of hydrogen-bond acceptors (Lipinski definition) is 6. The maximum absolute atomic E-state index is 11.6. The van der Waals surface area contributed by atoms with Crippen LogP contribution in [0.15, 0.2) is 28.7 Å². The summed E-state index contributed by atoms with van der Waals surface area (Å²) in [6.07, 6.45) is 1.17. The molecule has 0 aliphatic carbocycles. The molecule has 1 atom stereocenters. The van der Waals surface area contributed by atoms with Crippen LogP contribution in [0.3, 0.4) is 0 Å². The van der Waals surface area contributed by atoms with Crippen LogP contribution in [0.5, 0.6) is 0 Å². The fourth-order valence-electron chi connectivity index (χ4n) is 2.98. The van der Waals surface area contributed by atoms with Crippen molar-refractivity contribution in [1.82, 2.24) is 14.7 Å². The topological polar surface area (TPSA) is 68.3 Å². The Hall–Kier alpha value is -1.22. The molecule has 0 spiro atoms. The van der Waals surface area contributed by atoms with Crippen LogP contribution in [0.2, 0.25) is 5.02 Å². The molecule has 0 N–H and O–H groups in total. The molecule has 1 fully saturated rings. The van der Waals surface area contributed by atoms with E-state index in [0.717, 1.165) is 12.1 Å². The summed E-state index contributed by atoms with van der Waals surface area (Å²) in [6, 6.07) is 7.68. The third-order valence-corrected chi connectivity index (χ3v) is 6.56. The fourth-order valence-corrected chi connectivity index (χ4v) is 5.16. The molecule has 1 aliphatic rings. The molecular weight excluding hydrogens is 382 g/mol. The van der Waals surface area contributed by atoms with Crippen molar-refractivity contribution >= 4 is 33.7 Å². The van der Waals surface area contributed by atoms with Crippen molar-refractivity contribution in [3.63, 3.8) is 0 Å². The minimum absolute atomic E-state index is 0.0679. The molecule has 25 heavy (non-hydrogen) atoms. The van der Waals surface area contributed by atoms with Crippen molar-refractivity contribution in [2.45, 2.75) is 26.1 Å². The Balaban J connectivity index is 1.60. The molecule has 6 nitrogen and oxygen atoms in total. The van der Waals surface area contributed by atoms with Crippen LogP contribution in [0.25, 0.3) is 0 Å². The van der Waals surface area contributed by atoms with E-state index in [-0.39, 0.29) is 17.4 Å². The Bertz CT molecular complexity index is 890. The molecule has 0 amide bonds. The molecule has 0 bridgehead atoms. The normalized spacial score (nSPS) is 19.6. The van der Waals surface area contributed by atoms with Gasteiger partial charge in [0, 0.05) is 18.0 Å². The second kappa shape index (κ2) is 7.57. The first-order valence-corrected chi connectivity index (χ1v) is 10.6. The third kappa shape index (κ3) is 5.13. The van der Waals surface area contributed by atoms with Gasteiger partial charge < -0.3 is 4.42 Å². The quantitative estimate of drug-likeness (QED) is 0.693. The summed E-state index contributed by atoms with van der Waals surface area (Å²) in [5.41, 5.74) is 1.14. The molecule has 1 saturated heterocycles. The standard InChI is InChI=1S/C16H20ClN3O3S2/c1-19(9-12-2-4-14(17)5-3-12)11-20-16(24)23-15(18-20)8-13-6-7-25(21,22)10-13/h2-5,13H,6-11H2,1H3/t13-/m1/s1. The lowest BCUT2D eigenvalue weighted by Gasteiger charge is -2.16. The van der Waals surface area contributed by atoms with E-state index in [2.05, 4.69) is 10.00 Å². The average Bonchev–Trinajstić information content (AvgIpc) is 3.04. The van der Waals surface area contributed by atoms with Gasteiger partial charge in [0.2, 0.25) is 5.89 Å². The Morgan fingerprint density at radius 1 is 1.40 bits per heavy atom. The number of rotatable bonds is 6.